The molecule has 0 aromatic heterocycles. The van der Waals surface area contributed by atoms with Crippen LogP contribution in [0.3, 0.4) is 0 Å². The van der Waals surface area contributed by atoms with Crippen molar-refractivity contribution in [3.63, 3.8) is 0 Å². The molecule has 0 aliphatic rings. The number of hydrogen-bond acceptors (Lipinski definition) is 6. The summed E-state index contributed by atoms with van der Waals surface area (Å²) >= 11 is 0. The topological polar surface area (TPSA) is 82.1 Å². The summed E-state index contributed by atoms with van der Waals surface area (Å²) in [4.78, 5) is 20.6. The Hall–Kier alpha value is -1.40. The van der Waals surface area contributed by atoms with Gasteiger partial charge in [0.15, 0.2) is 6.29 Å². The molecule has 6 heteroatoms. The number of ether oxygens (including phenoxy) is 3. The first-order chi connectivity index (χ1) is 8.31. The molecule has 0 radical (unpaired) electrons. The van der Waals surface area contributed by atoms with E-state index in [1.54, 1.807) is 0 Å². The predicted molar refractivity (Wildman–Crippen MR) is 65.7 cm³/mol. The second-order valence-corrected chi connectivity index (χ2v) is 3.32. The Morgan fingerprint density at radius 1 is 1.28 bits per heavy atom. The highest BCUT2D eigenvalue weighted by atomic mass is 16.6. The lowest BCUT2D eigenvalue weighted by Crippen LogP contribution is -2.13. The van der Waals surface area contributed by atoms with Gasteiger partial charge in [-0.05, 0) is 20.8 Å². The molecule has 0 aromatic rings. The summed E-state index contributed by atoms with van der Waals surface area (Å²) in [5, 5.41) is 8.49. The second-order valence-electron chi connectivity index (χ2n) is 3.32. The Kier molecular flexibility index (Phi) is 12.7. The number of hydrogen-bond donors (Lipinski definition) is 1. The Labute approximate surface area is 108 Å². The minimum atomic E-state index is -1.05. The molecule has 6 nitrogen and oxygen atoms in total. The van der Waals surface area contributed by atoms with E-state index in [0.717, 1.165) is 0 Å². The van der Waals surface area contributed by atoms with Crippen molar-refractivity contribution in [1.82, 2.24) is 0 Å². The highest BCUT2D eigenvalue weighted by Crippen LogP contribution is 1.94. The van der Waals surface area contributed by atoms with Gasteiger partial charge in [-0.2, -0.15) is 0 Å². The highest BCUT2D eigenvalue weighted by molar-refractivity contribution is 5.86. The Bertz CT molecular complexity index is 259. The lowest BCUT2D eigenvalue weighted by Gasteiger charge is -2.04. The fourth-order valence-corrected chi connectivity index (χ4v) is 0.644. The molecule has 18 heavy (non-hydrogen) atoms. The molecule has 0 aliphatic carbocycles. The van der Waals surface area contributed by atoms with Gasteiger partial charge in [-0.3, -0.25) is 4.79 Å². The zero-order valence-electron chi connectivity index (χ0n) is 11.4. The molecule has 0 aromatic carbocycles. The summed E-state index contributed by atoms with van der Waals surface area (Å²) in [7, 11) is 0. The largest absolute Gasteiger partial charge is 0.463 e. The predicted octanol–water partition coefficient (Wildman–Crippen LogP) is 1.03. The molecule has 0 heterocycles. The van der Waals surface area contributed by atoms with Gasteiger partial charge in [0.1, 0.15) is 6.61 Å². The van der Waals surface area contributed by atoms with Crippen LogP contribution in [0, 0.1) is 0 Å². The average Bonchev–Trinajstić information content (AvgIpc) is 2.24. The van der Waals surface area contributed by atoms with Crippen molar-refractivity contribution >= 4 is 11.9 Å². The lowest BCUT2D eigenvalue weighted by molar-refractivity contribution is -0.159. The van der Waals surface area contributed by atoms with Crippen molar-refractivity contribution in [3.8, 4) is 0 Å². The maximum Gasteiger partial charge on any atom is 0.335 e. The number of carbonyl (C=O) groups excluding carboxylic acids is 2. The van der Waals surface area contributed by atoms with Crippen molar-refractivity contribution in [2.45, 2.75) is 34.0 Å². The standard InChI is InChI=1S/C6H10O3.C6H12O3/c1-4(2)6(8)9-5(3)7;1-3-8-4-5-9-6(2)7/h5,7H,1H2,2-3H3;3-5H2,1-2H3. The Morgan fingerprint density at radius 3 is 2.11 bits per heavy atom. The van der Waals surface area contributed by atoms with Gasteiger partial charge in [-0.1, -0.05) is 6.58 Å². The van der Waals surface area contributed by atoms with Crippen LogP contribution in [-0.2, 0) is 23.8 Å². The highest BCUT2D eigenvalue weighted by Gasteiger charge is 2.04. The van der Waals surface area contributed by atoms with Crippen molar-refractivity contribution < 1.29 is 28.9 Å². The summed E-state index contributed by atoms with van der Waals surface area (Å²) in [6.45, 7) is 11.0. The van der Waals surface area contributed by atoms with E-state index >= 15 is 0 Å². The molecular formula is C12H22O6. The third-order valence-electron chi connectivity index (χ3n) is 1.36. The van der Waals surface area contributed by atoms with E-state index in [1.165, 1.54) is 20.8 Å². The fraction of sp³-hybridized carbons (Fsp3) is 0.667. The molecule has 0 bridgehead atoms. The van der Waals surface area contributed by atoms with E-state index in [1.807, 2.05) is 6.92 Å². The van der Waals surface area contributed by atoms with E-state index in [0.29, 0.717) is 19.8 Å². The van der Waals surface area contributed by atoms with Gasteiger partial charge in [-0.25, -0.2) is 4.79 Å². The van der Waals surface area contributed by atoms with Crippen LogP contribution in [0.4, 0.5) is 0 Å². The van der Waals surface area contributed by atoms with E-state index in [9.17, 15) is 9.59 Å². The second kappa shape index (κ2) is 12.1. The molecule has 0 amide bonds. The Balaban J connectivity index is 0. The minimum absolute atomic E-state index is 0.255. The minimum Gasteiger partial charge on any atom is -0.463 e. The maximum atomic E-state index is 10.5. The summed E-state index contributed by atoms with van der Waals surface area (Å²) in [6.07, 6.45) is -1.05. The third-order valence-corrected chi connectivity index (χ3v) is 1.36. The van der Waals surface area contributed by atoms with Gasteiger partial charge in [-0.15, -0.1) is 0 Å². The SMILES string of the molecule is C=C(C)C(=O)OC(C)O.CCOCCOC(C)=O. The van der Waals surface area contributed by atoms with Gasteiger partial charge >= 0.3 is 11.9 Å². The zero-order chi connectivity index (χ0) is 14.6. The first kappa shape index (κ1) is 19.0. The molecule has 0 fully saturated rings. The van der Waals surface area contributed by atoms with E-state index in [2.05, 4.69) is 16.1 Å². The normalized spacial score (nSPS) is 10.7. The summed E-state index contributed by atoms with van der Waals surface area (Å²) < 4.78 is 13.8. The number of aliphatic hydroxyl groups excluding tert-OH is 1. The van der Waals surface area contributed by atoms with E-state index < -0.39 is 12.3 Å². The van der Waals surface area contributed by atoms with Gasteiger partial charge in [0, 0.05) is 19.1 Å². The summed E-state index contributed by atoms with van der Waals surface area (Å²) in [5.74, 6) is -0.820. The number of aliphatic hydroxyl groups is 1. The molecule has 0 aliphatic heterocycles. The molecule has 0 saturated heterocycles. The van der Waals surface area contributed by atoms with Crippen LogP contribution in [0.2, 0.25) is 0 Å². The average molecular weight is 262 g/mol. The Morgan fingerprint density at radius 2 is 1.83 bits per heavy atom. The van der Waals surface area contributed by atoms with Gasteiger partial charge in [0.2, 0.25) is 0 Å². The molecule has 0 rings (SSSR count). The van der Waals surface area contributed by atoms with Crippen molar-refractivity contribution in [3.05, 3.63) is 12.2 Å². The van der Waals surface area contributed by atoms with Crippen molar-refractivity contribution in [2.24, 2.45) is 0 Å². The van der Waals surface area contributed by atoms with Crippen LogP contribution < -0.4 is 0 Å². The van der Waals surface area contributed by atoms with Gasteiger partial charge < -0.3 is 19.3 Å². The summed E-state index contributed by atoms with van der Waals surface area (Å²) in [6, 6.07) is 0. The first-order valence-corrected chi connectivity index (χ1v) is 5.56. The quantitative estimate of drug-likeness (QED) is 0.333. The van der Waals surface area contributed by atoms with Crippen LogP contribution in [0.5, 0.6) is 0 Å². The summed E-state index contributed by atoms with van der Waals surface area (Å²) in [5.41, 5.74) is 0.288. The number of carbonyl (C=O) groups is 2. The molecule has 1 N–H and O–H groups in total. The first-order valence-electron chi connectivity index (χ1n) is 5.56. The number of esters is 2. The smallest absolute Gasteiger partial charge is 0.335 e. The molecule has 0 saturated carbocycles. The fourth-order valence-electron chi connectivity index (χ4n) is 0.644. The van der Waals surface area contributed by atoms with Crippen LogP contribution in [0.25, 0.3) is 0 Å². The third kappa shape index (κ3) is 17.0. The zero-order valence-corrected chi connectivity index (χ0v) is 11.4. The molecule has 1 atom stereocenters. The molecular weight excluding hydrogens is 240 g/mol. The van der Waals surface area contributed by atoms with E-state index in [4.69, 9.17) is 9.84 Å². The van der Waals surface area contributed by atoms with Gasteiger partial charge in [0.25, 0.3) is 0 Å². The van der Waals surface area contributed by atoms with Crippen LogP contribution >= 0.6 is 0 Å². The van der Waals surface area contributed by atoms with Gasteiger partial charge in [0.05, 0.1) is 6.61 Å². The molecule has 0 spiro atoms. The van der Waals surface area contributed by atoms with Crippen LogP contribution in [0.15, 0.2) is 12.2 Å². The maximum absolute atomic E-state index is 10.5. The van der Waals surface area contributed by atoms with Crippen LogP contribution in [-0.4, -0.2) is 43.2 Å². The molecule has 106 valence electrons. The van der Waals surface area contributed by atoms with Crippen molar-refractivity contribution in [1.29, 1.82) is 0 Å². The lowest BCUT2D eigenvalue weighted by atomic mass is 10.4. The van der Waals surface area contributed by atoms with Crippen LogP contribution in [0.1, 0.15) is 27.7 Å². The molecule has 1 unspecified atom stereocenters. The van der Waals surface area contributed by atoms with E-state index in [-0.39, 0.29) is 11.5 Å². The number of rotatable bonds is 6. The van der Waals surface area contributed by atoms with Crippen molar-refractivity contribution in [2.75, 3.05) is 19.8 Å². The monoisotopic (exact) mass is 262 g/mol.